The van der Waals surface area contributed by atoms with Crippen LogP contribution in [0.3, 0.4) is 0 Å². The van der Waals surface area contributed by atoms with Gasteiger partial charge in [-0.05, 0) is 31.2 Å². The number of nitrogens with zero attached hydrogens (tertiary/aromatic N) is 1. The third-order valence-electron chi connectivity index (χ3n) is 3.05. The second-order valence-corrected chi connectivity index (χ2v) is 5.16. The van der Waals surface area contributed by atoms with Crippen molar-refractivity contribution in [3.63, 3.8) is 0 Å². The number of amides is 1. The fourth-order valence-electron chi connectivity index (χ4n) is 1.94. The maximum absolute atomic E-state index is 12.0. The number of benzene rings is 1. The molecule has 0 saturated carbocycles. The Balaban J connectivity index is 2.56. The Hall–Kier alpha value is -1.30. The zero-order valence-electron chi connectivity index (χ0n) is 12.6. The molecule has 0 aromatic heterocycles. The van der Waals surface area contributed by atoms with E-state index >= 15 is 0 Å². The van der Waals surface area contributed by atoms with Crippen LogP contribution < -0.4 is 10.1 Å². The molecule has 1 rings (SSSR count). The van der Waals surface area contributed by atoms with E-state index in [0.29, 0.717) is 23.0 Å². The van der Waals surface area contributed by atoms with E-state index in [9.17, 15) is 4.79 Å². The molecule has 0 aliphatic heterocycles. The van der Waals surface area contributed by atoms with Crippen molar-refractivity contribution in [2.45, 2.75) is 19.8 Å². The van der Waals surface area contributed by atoms with E-state index < -0.39 is 0 Å². The molecule has 0 radical (unpaired) electrons. The number of anilines is 1. The minimum atomic E-state index is -0.124. The van der Waals surface area contributed by atoms with Crippen molar-refractivity contribution in [1.82, 2.24) is 4.90 Å². The summed E-state index contributed by atoms with van der Waals surface area (Å²) in [7, 11) is 1.54. The van der Waals surface area contributed by atoms with Gasteiger partial charge in [-0.3, -0.25) is 9.69 Å². The molecule has 1 amide bonds. The largest absolute Gasteiger partial charge is 0.495 e. The van der Waals surface area contributed by atoms with Gasteiger partial charge in [-0.25, -0.2) is 0 Å². The quantitative estimate of drug-likeness (QED) is 0.734. The van der Waals surface area contributed by atoms with Gasteiger partial charge in [0.2, 0.25) is 5.91 Å². The van der Waals surface area contributed by atoms with Crippen molar-refractivity contribution in [3.8, 4) is 5.75 Å². The van der Waals surface area contributed by atoms with E-state index in [0.717, 1.165) is 19.4 Å². The zero-order chi connectivity index (χ0) is 15.7. The van der Waals surface area contributed by atoms with E-state index in [1.54, 1.807) is 25.3 Å². The summed E-state index contributed by atoms with van der Waals surface area (Å²) in [4.78, 5) is 14.0. The normalized spacial score (nSPS) is 10.7. The fourth-order valence-corrected chi connectivity index (χ4v) is 2.20. The van der Waals surface area contributed by atoms with Gasteiger partial charge >= 0.3 is 0 Å². The molecule has 118 valence electrons. The van der Waals surface area contributed by atoms with Gasteiger partial charge in [0.05, 0.1) is 25.3 Å². The molecule has 0 bridgehead atoms. The molecule has 0 fully saturated rings. The average Bonchev–Trinajstić information content (AvgIpc) is 2.45. The lowest BCUT2D eigenvalue weighted by atomic mass is 10.3. The van der Waals surface area contributed by atoms with Gasteiger partial charge in [-0.2, -0.15) is 0 Å². The highest BCUT2D eigenvalue weighted by molar-refractivity contribution is 6.32. The Morgan fingerprint density at radius 1 is 1.43 bits per heavy atom. The van der Waals surface area contributed by atoms with Gasteiger partial charge in [0.25, 0.3) is 0 Å². The number of aliphatic hydroxyl groups excluding tert-OH is 1. The van der Waals surface area contributed by atoms with Gasteiger partial charge in [0.15, 0.2) is 0 Å². The van der Waals surface area contributed by atoms with Crippen molar-refractivity contribution in [1.29, 1.82) is 0 Å². The Labute approximate surface area is 130 Å². The van der Waals surface area contributed by atoms with Crippen LogP contribution in [0.15, 0.2) is 18.2 Å². The molecular formula is C15H23ClN2O3. The van der Waals surface area contributed by atoms with Crippen LogP contribution in [0.25, 0.3) is 0 Å². The first-order chi connectivity index (χ1) is 10.1. The lowest BCUT2D eigenvalue weighted by Gasteiger charge is -2.20. The molecule has 2 N–H and O–H groups in total. The first-order valence-electron chi connectivity index (χ1n) is 7.07. The van der Waals surface area contributed by atoms with Crippen LogP contribution in [0.5, 0.6) is 5.75 Å². The lowest BCUT2D eigenvalue weighted by Crippen LogP contribution is -2.35. The Bertz CT molecular complexity index is 455. The number of halogens is 1. The molecule has 1 aromatic carbocycles. The van der Waals surface area contributed by atoms with Crippen LogP contribution in [0, 0.1) is 0 Å². The number of rotatable bonds is 9. The smallest absolute Gasteiger partial charge is 0.238 e. The summed E-state index contributed by atoms with van der Waals surface area (Å²) in [6, 6.07) is 5.10. The molecular weight excluding hydrogens is 292 g/mol. The second-order valence-electron chi connectivity index (χ2n) is 4.75. The molecule has 5 nitrogen and oxygen atoms in total. The second kappa shape index (κ2) is 9.60. The standard InChI is InChI=1S/C15H23ClN2O3/c1-3-4-7-18(8-9-19)11-15(20)17-12-5-6-14(21-2)13(16)10-12/h5-6,10,19H,3-4,7-9,11H2,1-2H3,(H,17,20). The summed E-state index contributed by atoms with van der Waals surface area (Å²) in [6.45, 7) is 3.69. The number of unbranched alkanes of at least 4 members (excludes halogenated alkanes) is 1. The SMILES string of the molecule is CCCCN(CCO)CC(=O)Nc1ccc(OC)c(Cl)c1. The van der Waals surface area contributed by atoms with E-state index in [1.807, 2.05) is 4.90 Å². The predicted octanol–water partition coefficient (Wildman–Crippen LogP) is 2.38. The predicted molar refractivity (Wildman–Crippen MR) is 85.1 cm³/mol. The average molecular weight is 315 g/mol. The maximum atomic E-state index is 12.0. The van der Waals surface area contributed by atoms with Crippen LogP contribution in [0.1, 0.15) is 19.8 Å². The Kier molecular flexibility index (Phi) is 8.12. The minimum Gasteiger partial charge on any atom is -0.495 e. The fraction of sp³-hybridized carbons (Fsp3) is 0.533. The highest BCUT2D eigenvalue weighted by Gasteiger charge is 2.11. The highest BCUT2D eigenvalue weighted by atomic mass is 35.5. The van der Waals surface area contributed by atoms with Crippen LogP contribution >= 0.6 is 11.6 Å². The topological polar surface area (TPSA) is 61.8 Å². The first-order valence-corrected chi connectivity index (χ1v) is 7.45. The number of carbonyl (C=O) groups excluding carboxylic acids is 1. The van der Waals surface area contributed by atoms with Gasteiger partial charge in [0.1, 0.15) is 5.75 Å². The van der Waals surface area contributed by atoms with Gasteiger partial charge in [0, 0.05) is 12.2 Å². The molecule has 0 saturated heterocycles. The van der Waals surface area contributed by atoms with Crippen molar-refractivity contribution in [2.24, 2.45) is 0 Å². The molecule has 0 heterocycles. The highest BCUT2D eigenvalue weighted by Crippen LogP contribution is 2.27. The summed E-state index contributed by atoms with van der Waals surface area (Å²) in [5, 5.41) is 12.3. The van der Waals surface area contributed by atoms with Crippen LogP contribution in [-0.4, -0.2) is 49.3 Å². The number of ether oxygens (including phenoxy) is 1. The molecule has 0 spiro atoms. The molecule has 6 heteroatoms. The maximum Gasteiger partial charge on any atom is 0.238 e. The molecule has 0 aliphatic rings. The van der Waals surface area contributed by atoms with Crippen molar-refractivity contribution >= 4 is 23.2 Å². The van der Waals surface area contributed by atoms with Gasteiger partial charge in [-0.1, -0.05) is 24.9 Å². The van der Waals surface area contributed by atoms with E-state index in [-0.39, 0.29) is 19.1 Å². The zero-order valence-corrected chi connectivity index (χ0v) is 13.3. The minimum absolute atomic E-state index is 0.0470. The number of aliphatic hydroxyl groups is 1. The van der Waals surface area contributed by atoms with Crippen molar-refractivity contribution in [2.75, 3.05) is 38.7 Å². The van der Waals surface area contributed by atoms with Crippen molar-refractivity contribution in [3.05, 3.63) is 23.2 Å². The van der Waals surface area contributed by atoms with Crippen LogP contribution in [0.2, 0.25) is 5.02 Å². The van der Waals surface area contributed by atoms with E-state index in [1.165, 1.54) is 0 Å². The molecule has 1 aromatic rings. The Morgan fingerprint density at radius 3 is 2.76 bits per heavy atom. The third kappa shape index (κ3) is 6.33. The van der Waals surface area contributed by atoms with Gasteiger partial charge < -0.3 is 15.2 Å². The summed E-state index contributed by atoms with van der Waals surface area (Å²) in [5.41, 5.74) is 0.630. The van der Waals surface area contributed by atoms with E-state index in [2.05, 4.69) is 12.2 Å². The van der Waals surface area contributed by atoms with E-state index in [4.69, 9.17) is 21.4 Å². The summed E-state index contributed by atoms with van der Waals surface area (Å²) in [6.07, 6.45) is 2.05. The summed E-state index contributed by atoms with van der Waals surface area (Å²) < 4.78 is 5.07. The molecule has 21 heavy (non-hydrogen) atoms. The third-order valence-corrected chi connectivity index (χ3v) is 3.34. The van der Waals surface area contributed by atoms with Crippen molar-refractivity contribution < 1.29 is 14.6 Å². The summed E-state index contributed by atoms with van der Waals surface area (Å²) >= 11 is 6.02. The number of hydrogen-bond donors (Lipinski definition) is 2. The van der Waals surface area contributed by atoms with Crippen LogP contribution in [0.4, 0.5) is 5.69 Å². The number of carbonyl (C=O) groups is 1. The monoisotopic (exact) mass is 314 g/mol. The van der Waals surface area contributed by atoms with Gasteiger partial charge in [-0.15, -0.1) is 0 Å². The molecule has 0 aliphatic carbocycles. The van der Waals surface area contributed by atoms with Crippen LogP contribution in [-0.2, 0) is 4.79 Å². The number of hydrogen-bond acceptors (Lipinski definition) is 4. The number of nitrogens with one attached hydrogen (secondary N) is 1. The molecule has 0 unspecified atom stereocenters. The lowest BCUT2D eigenvalue weighted by molar-refractivity contribution is -0.117. The molecule has 0 atom stereocenters. The Morgan fingerprint density at radius 2 is 2.19 bits per heavy atom. The number of methoxy groups -OCH3 is 1. The summed E-state index contributed by atoms with van der Waals surface area (Å²) in [5.74, 6) is 0.445. The first kappa shape index (κ1) is 17.8.